The number of rotatable bonds is 6. The average molecular weight is 295 g/mol. The lowest BCUT2D eigenvalue weighted by Gasteiger charge is -2.23. The Balaban J connectivity index is 1.60. The maximum atomic E-state index is 11.6. The molecule has 0 aliphatic heterocycles. The second-order valence-electron chi connectivity index (χ2n) is 5.07. The zero-order valence-corrected chi connectivity index (χ0v) is 12.1. The van der Waals surface area contributed by atoms with Crippen LogP contribution in [0.5, 0.6) is 0 Å². The molecule has 0 saturated heterocycles. The van der Waals surface area contributed by atoms with Crippen molar-refractivity contribution in [1.82, 2.24) is 10.6 Å². The first-order valence-corrected chi connectivity index (χ1v) is 7.32. The first-order chi connectivity index (χ1) is 9.65. The van der Waals surface area contributed by atoms with Gasteiger partial charge in [0.25, 0.3) is 0 Å². The minimum absolute atomic E-state index is 0.00380. The normalized spacial score (nSPS) is 14.4. The summed E-state index contributed by atoms with van der Waals surface area (Å²) in [4.78, 5) is 23.1. The molecule has 1 aromatic carbocycles. The Kier molecular flexibility index (Phi) is 5.41. The van der Waals surface area contributed by atoms with Crippen LogP contribution < -0.4 is 10.6 Å². The van der Waals surface area contributed by atoms with Crippen molar-refractivity contribution in [3.05, 3.63) is 34.9 Å². The van der Waals surface area contributed by atoms with Crippen molar-refractivity contribution in [1.29, 1.82) is 0 Å². The topological polar surface area (TPSA) is 58.2 Å². The van der Waals surface area contributed by atoms with Crippen LogP contribution in [0.4, 0.5) is 0 Å². The van der Waals surface area contributed by atoms with Crippen molar-refractivity contribution in [2.75, 3.05) is 13.1 Å². The fourth-order valence-corrected chi connectivity index (χ4v) is 2.17. The summed E-state index contributed by atoms with van der Waals surface area (Å²) in [5, 5.41) is 6.17. The van der Waals surface area contributed by atoms with Gasteiger partial charge in [-0.3, -0.25) is 9.59 Å². The van der Waals surface area contributed by atoms with Gasteiger partial charge >= 0.3 is 0 Å². The summed E-state index contributed by atoms with van der Waals surface area (Å²) in [6, 6.07) is 7.54. The van der Waals surface area contributed by atoms with Crippen molar-refractivity contribution in [3.8, 4) is 0 Å². The minimum atomic E-state index is -0.147. The van der Waals surface area contributed by atoms with Gasteiger partial charge in [-0.15, -0.1) is 0 Å². The predicted molar refractivity (Wildman–Crippen MR) is 78.5 cm³/mol. The van der Waals surface area contributed by atoms with E-state index in [1.807, 2.05) is 24.3 Å². The Labute approximate surface area is 123 Å². The summed E-state index contributed by atoms with van der Waals surface area (Å²) < 4.78 is 0. The summed E-state index contributed by atoms with van der Waals surface area (Å²) in [7, 11) is 0. The zero-order valence-electron chi connectivity index (χ0n) is 11.3. The molecule has 5 heteroatoms. The van der Waals surface area contributed by atoms with Gasteiger partial charge in [-0.05, 0) is 37.0 Å². The monoisotopic (exact) mass is 294 g/mol. The molecule has 2 N–H and O–H groups in total. The van der Waals surface area contributed by atoms with Gasteiger partial charge < -0.3 is 10.6 Å². The second kappa shape index (κ2) is 7.29. The van der Waals surface area contributed by atoms with Gasteiger partial charge in [-0.25, -0.2) is 0 Å². The molecule has 108 valence electrons. The van der Waals surface area contributed by atoms with Gasteiger partial charge in [0.2, 0.25) is 11.8 Å². The lowest BCUT2D eigenvalue weighted by atomic mass is 9.85. The van der Waals surface area contributed by atoms with Crippen LogP contribution in [-0.2, 0) is 16.0 Å². The van der Waals surface area contributed by atoms with E-state index < -0.39 is 0 Å². The third-order valence-corrected chi connectivity index (χ3v) is 3.80. The molecule has 0 radical (unpaired) electrons. The van der Waals surface area contributed by atoms with Crippen molar-refractivity contribution in [3.63, 3.8) is 0 Å². The molecular formula is C15H19ClN2O2. The van der Waals surface area contributed by atoms with Crippen LogP contribution >= 0.6 is 11.6 Å². The summed E-state index contributed by atoms with van der Waals surface area (Å²) in [5.74, 6) is -0.0207. The number of benzene rings is 1. The highest BCUT2D eigenvalue weighted by Gasteiger charge is 2.25. The lowest BCUT2D eigenvalue weighted by molar-refractivity contribution is -0.130. The third-order valence-electron chi connectivity index (χ3n) is 3.55. The van der Waals surface area contributed by atoms with Crippen LogP contribution in [0.15, 0.2) is 24.3 Å². The summed E-state index contributed by atoms with van der Waals surface area (Å²) >= 11 is 5.80. The molecule has 20 heavy (non-hydrogen) atoms. The molecule has 0 spiro atoms. The van der Waals surface area contributed by atoms with Crippen molar-refractivity contribution in [2.24, 2.45) is 5.92 Å². The molecule has 0 aromatic heterocycles. The maximum absolute atomic E-state index is 11.6. The van der Waals surface area contributed by atoms with E-state index in [0.717, 1.165) is 31.2 Å². The Morgan fingerprint density at radius 1 is 1.15 bits per heavy atom. The van der Waals surface area contributed by atoms with E-state index in [2.05, 4.69) is 10.6 Å². The first kappa shape index (κ1) is 14.9. The third kappa shape index (κ3) is 4.53. The van der Waals surface area contributed by atoms with Gasteiger partial charge in [-0.1, -0.05) is 30.2 Å². The van der Waals surface area contributed by atoms with Crippen LogP contribution in [0.1, 0.15) is 24.8 Å². The highest BCUT2D eigenvalue weighted by atomic mass is 35.5. The second-order valence-corrected chi connectivity index (χ2v) is 5.51. The smallest absolute Gasteiger partial charge is 0.239 e. The number of nitrogens with one attached hydrogen (secondary N) is 2. The quantitative estimate of drug-likeness (QED) is 0.842. The molecule has 1 aliphatic rings. The maximum Gasteiger partial charge on any atom is 0.239 e. The largest absolute Gasteiger partial charge is 0.354 e. The molecule has 0 unspecified atom stereocenters. The van der Waals surface area contributed by atoms with E-state index in [0.29, 0.717) is 11.6 Å². The molecule has 1 fully saturated rings. The van der Waals surface area contributed by atoms with E-state index in [4.69, 9.17) is 11.6 Å². The van der Waals surface area contributed by atoms with Crippen LogP contribution in [0.3, 0.4) is 0 Å². The van der Waals surface area contributed by atoms with Crippen molar-refractivity contribution >= 4 is 23.4 Å². The van der Waals surface area contributed by atoms with Gasteiger partial charge in [0.05, 0.1) is 6.54 Å². The SMILES string of the molecule is O=C(CNC(=O)C1CCC1)NCCc1ccc(Cl)cc1. The highest BCUT2D eigenvalue weighted by molar-refractivity contribution is 6.30. The molecule has 2 amide bonds. The van der Waals surface area contributed by atoms with E-state index in [1.165, 1.54) is 0 Å². The van der Waals surface area contributed by atoms with E-state index >= 15 is 0 Å². The molecule has 2 rings (SSSR count). The fourth-order valence-electron chi connectivity index (χ4n) is 2.04. The van der Waals surface area contributed by atoms with Gasteiger partial charge in [0.1, 0.15) is 0 Å². The zero-order chi connectivity index (χ0) is 14.4. The summed E-state index contributed by atoms with van der Waals surface area (Å²) in [6.45, 7) is 0.621. The van der Waals surface area contributed by atoms with E-state index in [9.17, 15) is 9.59 Å². The average Bonchev–Trinajstić information content (AvgIpc) is 2.37. The number of amides is 2. The van der Waals surface area contributed by atoms with Crippen molar-refractivity contribution in [2.45, 2.75) is 25.7 Å². The Morgan fingerprint density at radius 2 is 1.85 bits per heavy atom. The molecule has 0 heterocycles. The van der Waals surface area contributed by atoms with Crippen LogP contribution in [0.25, 0.3) is 0 Å². The molecule has 1 aliphatic carbocycles. The molecule has 1 saturated carbocycles. The lowest BCUT2D eigenvalue weighted by Crippen LogP contribution is -2.41. The standard InChI is InChI=1S/C15H19ClN2O2/c16-13-6-4-11(5-7-13)8-9-17-14(19)10-18-15(20)12-2-1-3-12/h4-7,12H,1-3,8-10H2,(H,17,19)(H,18,20). The number of carbonyl (C=O) groups is 2. The molecule has 0 atom stereocenters. The molecule has 1 aromatic rings. The number of carbonyl (C=O) groups excluding carboxylic acids is 2. The Hall–Kier alpha value is -1.55. The summed E-state index contributed by atoms with van der Waals surface area (Å²) in [5.41, 5.74) is 1.12. The highest BCUT2D eigenvalue weighted by Crippen LogP contribution is 2.25. The molecular weight excluding hydrogens is 276 g/mol. The molecule has 0 bridgehead atoms. The van der Waals surface area contributed by atoms with Crippen LogP contribution in [0, 0.1) is 5.92 Å². The van der Waals surface area contributed by atoms with Crippen molar-refractivity contribution < 1.29 is 9.59 Å². The number of hydrogen-bond acceptors (Lipinski definition) is 2. The van der Waals surface area contributed by atoms with Gasteiger partial charge in [0.15, 0.2) is 0 Å². The Morgan fingerprint density at radius 3 is 2.45 bits per heavy atom. The van der Waals surface area contributed by atoms with Crippen LogP contribution in [0.2, 0.25) is 5.02 Å². The fraction of sp³-hybridized carbons (Fsp3) is 0.467. The van der Waals surface area contributed by atoms with E-state index in [-0.39, 0.29) is 24.3 Å². The Bertz CT molecular complexity index is 469. The van der Waals surface area contributed by atoms with Crippen LogP contribution in [-0.4, -0.2) is 24.9 Å². The van der Waals surface area contributed by atoms with Gasteiger partial charge in [-0.2, -0.15) is 0 Å². The first-order valence-electron chi connectivity index (χ1n) is 6.94. The summed E-state index contributed by atoms with van der Waals surface area (Å²) in [6.07, 6.45) is 3.76. The van der Waals surface area contributed by atoms with E-state index in [1.54, 1.807) is 0 Å². The minimum Gasteiger partial charge on any atom is -0.354 e. The number of hydrogen-bond donors (Lipinski definition) is 2. The predicted octanol–water partition coefficient (Wildman–Crippen LogP) is 1.91. The number of halogens is 1. The molecule has 4 nitrogen and oxygen atoms in total. The van der Waals surface area contributed by atoms with Gasteiger partial charge in [0, 0.05) is 17.5 Å².